The minimum atomic E-state index is 0.0383. The van der Waals surface area contributed by atoms with Gasteiger partial charge in [0.25, 0.3) is 5.91 Å². The van der Waals surface area contributed by atoms with E-state index in [0.29, 0.717) is 12.1 Å². The first kappa shape index (κ1) is 15.3. The van der Waals surface area contributed by atoms with Crippen molar-refractivity contribution in [1.29, 1.82) is 0 Å². The molecule has 2 aromatic carbocycles. The number of carbonyl (C=O) groups excluding carboxylic acids is 1. The van der Waals surface area contributed by atoms with Crippen LogP contribution in [-0.4, -0.2) is 26.4 Å². The molecule has 1 heterocycles. The number of rotatable bonds is 4. The highest BCUT2D eigenvalue weighted by molar-refractivity contribution is 5.97. The maximum absolute atomic E-state index is 12.9. The van der Waals surface area contributed by atoms with Crippen molar-refractivity contribution >= 4 is 16.9 Å². The summed E-state index contributed by atoms with van der Waals surface area (Å²) in [5.41, 5.74) is 3.69. The molecule has 0 bridgehead atoms. The van der Waals surface area contributed by atoms with Gasteiger partial charge in [-0.3, -0.25) is 4.79 Å². The van der Waals surface area contributed by atoms with Gasteiger partial charge in [0.05, 0.1) is 17.4 Å². The van der Waals surface area contributed by atoms with E-state index in [1.165, 1.54) is 0 Å². The molecule has 4 nitrogen and oxygen atoms in total. The minimum absolute atomic E-state index is 0.0383. The highest BCUT2D eigenvalue weighted by Gasteiger charge is 2.19. The maximum atomic E-state index is 12.9. The SMILES string of the molecule is CC(C)N(Cc1ccccc1)C(=O)c1ccc2c(c1)ncn2C. The lowest BCUT2D eigenvalue weighted by Crippen LogP contribution is -2.36. The molecular weight excluding hydrogens is 286 g/mol. The number of hydrogen-bond acceptors (Lipinski definition) is 2. The van der Waals surface area contributed by atoms with Crippen LogP contribution in [0, 0.1) is 0 Å². The summed E-state index contributed by atoms with van der Waals surface area (Å²) < 4.78 is 1.95. The van der Waals surface area contributed by atoms with Gasteiger partial charge in [-0.2, -0.15) is 0 Å². The summed E-state index contributed by atoms with van der Waals surface area (Å²) in [7, 11) is 1.95. The van der Waals surface area contributed by atoms with E-state index < -0.39 is 0 Å². The summed E-state index contributed by atoms with van der Waals surface area (Å²) in [6, 6.07) is 15.9. The quantitative estimate of drug-likeness (QED) is 0.738. The molecule has 0 unspecified atom stereocenters. The molecule has 3 aromatic rings. The number of aryl methyl sites for hydroxylation is 1. The molecule has 0 aliphatic carbocycles. The van der Waals surface area contributed by atoms with Crippen LogP contribution in [0.4, 0.5) is 0 Å². The number of benzene rings is 2. The van der Waals surface area contributed by atoms with E-state index in [2.05, 4.69) is 4.98 Å². The van der Waals surface area contributed by atoms with Gasteiger partial charge in [-0.25, -0.2) is 4.98 Å². The van der Waals surface area contributed by atoms with Crippen molar-refractivity contribution in [3.8, 4) is 0 Å². The number of amides is 1. The Morgan fingerprint density at radius 3 is 2.61 bits per heavy atom. The molecular formula is C19H21N3O. The second-order valence-electron chi connectivity index (χ2n) is 6.07. The predicted molar refractivity (Wildman–Crippen MR) is 92.2 cm³/mol. The van der Waals surface area contributed by atoms with Gasteiger partial charge in [0.1, 0.15) is 0 Å². The van der Waals surface area contributed by atoms with Gasteiger partial charge in [0.2, 0.25) is 0 Å². The maximum Gasteiger partial charge on any atom is 0.254 e. The highest BCUT2D eigenvalue weighted by atomic mass is 16.2. The number of fused-ring (bicyclic) bond motifs is 1. The fourth-order valence-electron chi connectivity index (χ4n) is 2.70. The fourth-order valence-corrected chi connectivity index (χ4v) is 2.70. The normalized spacial score (nSPS) is 11.1. The van der Waals surface area contributed by atoms with Crippen molar-refractivity contribution in [2.45, 2.75) is 26.4 Å². The van der Waals surface area contributed by atoms with Gasteiger partial charge in [-0.05, 0) is 37.6 Å². The molecule has 0 fully saturated rings. The lowest BCUT2D eigenvalue weighted by atomic mass is 10.1. The Kier molecular flexibility index (Phi) is 4.15. The zero-order valence-electron chi connectivity index (χ0n) is 13.7. The van der Waals surface area contributed by atoms with Crippen molar-refractivity contribution in [1.82, 2.24) is 14.5 Å². The molecule has 0 saturated carbocycles. The zero-order valence-corrected chi connectivity index (χ0v) is 13.7. The van der Waals surface area contributed by atoms with Crippen LogP contribution in [0.2, 0.25) is 0 Å². The van der Waals surface area contributed by atoms with E-state index in [1.54, 1.807) is 6.33 Å². The van der Waals surface area contributed by atoms with Crippen molar-refractivity contribution in [2.24, 2.45) is 7.05 Å². The smallest absolute Gasteiger partial charge is 0.254 e. The Labute approximate surface area is 136 Å². The second-order valence-corrected chi connectivity index (χ2v) is 6.07. The van der Waals surface area contributed by atoms with Crippen LogP contribution in [0.1, 0.15) is 29.8 Å². The van der Waals surface area contributed by atoms with E-state index in [1.807, 2.05) is 78.9 Å². The lowest BCUT2D eigenvalue weighted by molar-refractivity contribution is 0.0690. The molecule has 1 aromatic heterocycles. The number of aromatic nitrogens is 2. The number of carbonyl (C=O) groups is 1. The molecule has 0 saturated heterocycles. The first-order valence-electron chi connectivity index (χ1n) is 7.82. The van der Waals surface area contributed by atoms with Crippen molar-refractivity contribution in [2.75, 3.05) is 0 Å². The fraction of sp³-hybridized carbons (Fsp3) is 0.263. The van der Waals surface area contributed by atoms with Crippen molar-refractivity contribution < 1.29 is 4.79 Å². The van der Waals surface area contributed by atoms with E-state index in [9.17, 15) is 4.79 Å². The summed E-state index contributed by atoms with van der Waals surface area (Å²) >= 11 is 0. The van der Waals surface area contributed by atoms with Gasteiger partial charge in [-0.15, -0.1) is 0 Å². The van der Waals surface area contributed by atoms with Crippen LogP contribution < -0.4 is 0 Å². The van der Waals surface area contributed by atoms with Crippen molar-refractivity contribution in [3.63, 3.8) is 0 Å². The summed E-state index contributed by atoms with van der Waals surface area (Å²) in [5, 5.41) is 0. The second kappa shape index (κ2) is 6.24. The average Bonchev–Trinajstić information content (AvgIpc) is 2.93. The van der Waals surface area contributed by atoms with Gasteiger partial charge < -0.3 is 9.47 Å². The van der Waals surface area contributed by atoms with E-state index in [0.717, 1.165) is 16.6 Å². The first-order chi connectivity index (χ1) is 11.1. The first-order valence-corrected chi connectivity index (χ1v) is 7.82. The Hall–Kier alpha value is -2.62. The third kappa shape index (κ3) is 3.11. The Bertz CT molecular complexity index is 821. The number of nitrogens with zero attached hydrogens (tertiary/aromatic N) is 3. The number of hydrogen-bond donors (Lipinski definition) is 0. The Morgan fingerprint density at radius 1 is 1.17 bits per heavy atom. The van der Waals surface area contributed by atoms with Crippen LogP contribution in [0.15, 0.2) is 54.9 Å². The number of imidazole rings is 1. The standard InChI is InChI=1S/C19H21N3O/c1-14(2)22(12-15-7-5-4-6-8-15)19(23)16-9-10-18-17(11-16)20-13-21(18)3/h4-11,13-14H,12H2,1-3H3. The van der Waals surface area contributed by atoms with Gasteiger partial charge in [0, 0.05) is 25.2 Å². The molecule has 23 heavy (non-hydrogen) atoms. The zero-order chi connectivity index (χ0) is 16.4. The molecule has 1 amide bonds. The largest absolute Gasteiger partial charge is 0.334 e. The summed E-state index contributed by atoms with van der Waals surface area (Å²) in [5.74, 6) is 0.0383. The monoisotopic (exact) mass is 307 g/mol. The molecule has 0 radical (unpaired) electrons. The molecule has 0 aliphatic rings. The van der Waals surface area contributed by atoms with Crippen LogP contribution in [0.3, 0.4) is 0 Å². The molecule has 3 rings (SSSR count). The minimum Gasteiger partial charge on any atom is -0.334 e. The van der Waals surface area contributed by atoms with Gasteiger partial charge in [-0.1, -0.05) is 30.3 Å². The van der Waals surface area contributed by atoms with E-state index >= 15 is 0 Å². The van der Waals surface area contributed by atoms with E-state index in [-0.39, 0.29) is 11.9 Å². The molecule has 0 aliphatic heterocycles. The molecule has 4 heteroatoms. The Morgan fingerprint density at radius 2 is 1.91 bits per heavy atom. The lowest BCUT2D eigenvalue weighted by Gasteiger charge is -2.27. The Balaban J connectivity index is 1.90. The van der Waals surface area contributed by atoms with Crippen LogP contribution in [0.25, 0.3) is 11.0 Å². The molecule has 0 N–H and O–H groups in total. The van der Waals surface area contributed by atoms with Gasteiger partial charge >= 0.3 is 0 Å². The van der Waals surface area contributed by atoms with Crippen LogP contribution in [-0.2, 0) is 13.6 Å². The molecule has 0 spiro atoms. The summed E-state index contributed by atoms with van der Waals surface area (Å²) in [4.78, 5) is 19.2. The van der Waals surface area contributed by atoms with E-state index in [4.69, 9.17) is 0 Å². The van der Waals surface area contributed by atoms with Crippen LogP contribution >= 0.6 is 0 Å². The average molecular weight is 307 g/mol. The topological polar surface area (TPSA) is 38.1 Å². The van der Waals surface area contributed by atoms with Crippen LogP contribution in [0.5, 0.6) is 0 Å². The van der Waals surface area contributed by atoms with Gasteiger partial charge in [0.15, 0.2) is 0 Å². The molecule has 118 valence electrons. The highest BCUT2D eigenvalue weighted by Crippen LogP contribution is 2.18. The third-order valence-corrected chi connectivity index (χ3v) is 4.05. The van der Waals surface area contributed by atoms with Crippen molar-refractivity contribution in [3.05, 3.63) is 66.0 Å². The summed E-state index contributed by atoms with van der Waals surface area (Å²) in [6.45, 7) is 4.69. The summed E-state index contributed by atoms with van der Waals surface area (Å²) in [6.07, 6.45) is 1.77. The molecule has 0 atom stereocenters. The third-order valence-electron chi connectivity index (χ3n) is 4.05. The predicted octanol–water partition coefficient (Wildman–Crippen LogP) is 3.62.